The predicted molar refractivity (Wildman–Crippen MR) is 122 cm³/mol. The SMILES string of the molecule is Cc1ccc(-n2c(SCn3nnc4ccccc4c3=O)nnc2N2CCCCC2)cc1. The van der Waals surface area contributed by atoms with Crippen LogP contribution in [0, 0.1) is 6.92 Å². The van der Waals surface area contributed by atoms with Crippen LogP contribution >= 0.6 is 11.8 Å². The Morgan fingerprint density at radius 3 is 2.52 bits per heavy atom. The molecule has 0 amide bonds. The first-order chi connectivity index (χ1) is 15.2. The summed E-state index contributed by atoms with van der Waals surface area (Å²) >= 11 is 1.43. The Bertz CT molecular complexity index is 1260. The molecule has 4 aromatic rings. The molecule has 1 saturated heterocycles. The highest BCUT2D eigenvalue weighted by molar-refractivity contribution is 7.98. The lowest BCUT2D eigenvalue weighted by atomic mass is 10.1. The molecule has 1 aliphatic heterocycles. The Balaban J connectivity index is 1.49. The van der Waals surface area contributed by atoms with Crippen LogP contribution in [0.3, 0.4) is 0 Å². The molecule has 31 heavy (non-hydrogen) atoms. The molecule has 0 saturated carbocycles. The molecule has 0 spiro atoms. The highest BCUT2D eigenvalue weighted by Gasteiger charge is 2.22. The Hall–Kier alpha value is -3.20. The topological polar surface area (TPSA) is 81.7 Å². The van der Waals surface area contributed by atoms with E-state index in [2.05, 4.69) is 61.2 Å². The van der Waals surface area contributed by atoms with Crippen LogP contribution in [0.25, 0.3) is 16.6 Å². The Kier molecular flexibility index (Phi) is 5.42. The lowest BCUT2D eigenvalue weighted by molar-refractivity contribution is 0.564. The van der Waals surface area contributed by atoms with Gasteiger partial charge >= 0.3 is 0 Å². The number of aryl methyl sites for hydroxylation is 1. The molecule has 0 bridgehead atoms. The van der Waals surface area contributed by atoms with Gasteiger partial charge in [0.15, 0.2) is 5.16 Å². The third kappa shape index (κ3) is 3.93. The minimum atomic E-state index is -0.157. The van der Waals surface area contributed by atoms with Gasteiger partial charge < -0.3 is 4.90 Å². The Labute approximate surface area is 183 Å². The number of aromatic nitrogens is 6. The van der Waals surface area contributed by atoms with Crippen molar-refractivity contribution < 1.29 is 0 Å². The summed E-state index contributed by atoms with van der Waals surface area (Å²) in [6.45, 7) is 4.02. The lowest BCUT2D eigenvalue weighted by Gasteiger charge is -2.27. The number of nitrogens with zero attached hydrogens (tertiary/aromatic N) is 7. The van der Waals surface area contributed by atoms with Crippen molar-refractivity contribution in [2.45, 2.75) is 37.2 Å². The summed E-state index contributed by atoms with van der Waals surface area (Å²) in [4.78, 5) is 15.1. The van der Waals surface area contributed by atoms with Crippen molar-refractivity contribution in [1.82, 2.24) is 29.8 Å². The number of benzene rings is 2. The maximum absolute atomic E-state index is 12.8. The fourth-order valence-electron chi connectivity index (χ4n) is 3.80. The van der Waals surface area contributed by atoms with E-state index < -0.39 is 0 Å². The highest BCUT2D eigenvalue weighted by atomic mass is 32.2. The van der Waals surface area contributed by atoms with Crippen molar-refractivity contribution in [3.05, 3.63) is 64.4 Å². The third-order valence-electron chi connectivity index (χ3n) is 5.49. The fraction of sp³-hybridized carbons (Fsp3) is 0.318. The number of rotatable bonds is 5. The molecular formula is C22H23N7OS. The average Bonchev–Trinajstić information content (AvgIpc) is 3.24. The van der Waals surface area contributed by atoms with Crippen molar-refractivity contribution in [3.8, 4) is 5.69 Å². The van der Waals surface area contributed by atoms with Crippen molar-refractivity contribution in [2.24, 2.45) is 0 Å². The number of piperidine rings is 1. The van der Waals surface area contributed by atoms with Gasteiger partial charge in [0.05, 0.1) is 17.0 Å². The molecule has 0 radical (unpaired) electrons. The quantitative estimate of drug-likeness (QED) is 0.446. The Morgan fingerprint density at radius 2 is 1.71 bits per heavy atom. The van der Waals surface area contributed by atoms with E-state index in [4.69, 9.17) is 0 Å². The van der Waals surface area contributed by atoms with Crippen molar-refractivity contribution in [1.29, 1.82) is 0 Å². The molecule has 158 valence electrons. The van der Waals surface area contributed by atoms with E-state index in [1.54, 1.807) is 12.1 Å². The Morgan fingerprint density at radius 1 is 0.935 bits per heavy atom. The van der Waals surface area contributed by atoms with Gasteiger partial charge in [0.25, 0.3) is 5.56 Å². The molecule has 0 atom stereocenters. The number of hydrogen-bond acceptors (Lipinski definition) is 7. The van der Waals surface area contributed by atoms with Gasteiger partial charge in [-0.1, -0.05) is 46.8 Å². The van der Waals surface area contributed by atoms with Gasteiger partial charge in [-0.05, 0) is 50.5 Å². The summed E-state index contributed by atoms with van der Waals surface area (Å²) in [5.41, 5.74) is 2.65. The molecule has 1 fully saturated rings. The first kappa shape index (κ1) is 19.7. The van der Waals surface area contributed by atoms with Crippen LogP contribution in [0.4, 0.5) is 5.95 Å². The van der Waals surface area contributed by atoms with Crippen molar-refractivity contribution >= 4 is 28.6 Å². The average molecular weight is 434 g/mol. The van der Waals surface area contributed by atoms with Gasteiger partial charge in [0.2, 0.25) is 5.95 Å². The minimum Gasteiger partial charge on any atom is -0.341 e. The first-order valence-corrected chi connectivity index (χ1v) is 11.4. The highest BCUT2D eigenvalue weighted by Crippen LogP contribution is 2.29. The normalized spacial score (nSPS) is 14.3. The summed E-state index contributed by atoms with van der Waals surface area (Å²) in [5.74, 6) is 1.16. The molecule has 9 heteroatoms. The van der Waals surface area contributed by atoms with E-state index in [-0.39, 0.29) is 5.56 Å². The van der Waals surface area contributed by atoms with E-state index in [9.17, 15) is 4.79 Å². The molecule has 0 aliphatic carbocycles. The molecule has 8 nitrogen and oxygen atoms in total. The second-order valence-corrected chi connectivity index (χ2v) is 8.60. The molecule has 0 N–H and O–H groups in total. The maximum Gasteiger partial charge on any atom is 0.278 e. The van der Waals surface area contributed by atoms with Gasteiger partial charge in [0.1, 0.15) is 5.52 Å². The van der Waals surface area contributed by atoms with Crippen LogP contribution in [-0.4, -0.2) is 42.8 Å². The third-order valence-corrected chi connectivity index (χ3v) is 6.39. The van der Waals surface area contributed by atoms with Gasteiger partial charge in [-0.2, -0.15) is 4.68 Å². The molecule has 2 aromatic heterocycles. The van der Waals surface area contributed by atoms with E-state index in [1.165, 1.54) is 28.4 Å². The number of hydrogen-bond donors (Lipinski definition) is 0. The van der Waals surface area contributed by atoms with Crippen molar-refractivity contribution in [2.75, 3.05) is 18.0 Å². The van der Waals surface area contributed by atoms with Crippen LogP contribution < -0.4 is 10.5 Å². The zero-order valence-corrected chi connectivity index (χ0v) is 18.1. The number of thioether (sulfide) groups is 1. The second-order valence-electron chi connectivity index (χ2n) is 7.69. The molecule has 1 aliphatic rings. The molecule has 0 unspecified atom stereocenters. The van der Waals surface area contributed by atoms with Gasteiger partial charge in [-0.25, -0.2) is 0 Å². The summed E-state index contributed by atoms with van der Waals surface area (Å²) in [6.07, 6.45) is 3.57. The van der Waals surface area contributed by atoms with Crippen LogP contribution in [0.2, 0.25) is 0 Å². The smallest absolute Gasteiger partial charge is 0.278 e. The summed E-state index contributed by atoms with van der Waals surface area (Å²) in [6, 6.07) is 15.6. The van der Waals surface area contributed by atoms with Gasteiger partial charge in [0, 0.05) is 13.1 Å². The monoisotopic (exact) mass is 433 g/mol. The van der Waals surface area contributed by atoms with Crippen LogP contribution in [0.15, 0.2) is 58.5 Å². The molecular weight excluding hydrogens is 410 g/mol. The van der Waals surface area contributed by atoms with Crippen LogP contribution in [0.1, 0.15) is 24.8 Å². The fourth-order valence-corrected chi connectivity index (χ4v) is 4.62. The van der Waals surface area contributed by atoms with Gasteiger partial charge in [-0.15, -0.1) is 15.3 Å². The molecule has 2 aromatic carbocycles. The number of fused-ring (bicyclic) bond motifs is 1. The zero-order chi connectivity index (χ0) is 21.2. The minimum absolute atomic E-state index is 0.157. The lowest BCUT2D eigenvalue weighted by Crippen LogP contribution is -2.31. The van der Waals surface area contributed by atoms with E-state index in [0.717, 1.165) is 42.7 Å². The summed E-state index contributed by atoms with van der Waals surface area (Å²) in [7, 11) is 0. The molecule has 3 heterocycles. The number of anilines is 1. The van der Waals surface area contributed by atoms with E-state index in [0.29, 0.717) is 16.8 Å². The standard InChI is InChI=1S/C22H23N7OS/c1-16-9-11-17(12-10-16)29-21(27-13-5-2-6-14-27)24-25-22(29)31-15-28-20(30)18-7-3-4-8-19(18)23-26-28/h3-4,7-12H,2,5-6,13-15H2,1H3. The second kappa shape index (κ2) is 8.50. The van der Waals surface area contributed by atoms with E-state index in [1.807, 2.05) is 12.1 Å². The van der Waals surface area contributed by atoms with Crippen molar-refractivity contribution in [3.63, 3.8) is 0 Å². The van der Waals surface area contributed by atoms with Gasteiger partial charge in [-0.3, -0.25) is 9.36 Å². The predicted octanol–water partition coefficient (Wildman–Crippen LogP) is 3.42. The zero-order valence-electron chi connectivity index (χ0n) is 17.3. The van der Waals surface area contributed by atoms with Crippen LogP contribution in [0.5, 0.6) is 0 Å². The van der Waals surface area contributed by atoms with E-state index >= 15 is 0 Å². The maximum atomic E-state index is 12.8. The first-order valence-electron chi connectivity index (χ1n) is 10.4. The largest absolute Gasteiger partial charge is 0.341 e. The summed E-state index contributed by atoms with van der Waals surface area (Å²) in [5, 5.41) is 18.5. The molecule has 5 rings (SSSR count). The summed E-state index contributed by atoms with van der Waals surface area (Å²) < 4.78 is 3.46. The van der Waals surface area contributed by atoms with Crippen LogP contribution in [-0.2, 0) is 5.88 Å².